The molecule has 1 aliphatic rings. The van der Waals surface area contributed by atoms with E-state index in [1.54, 1.807) is 7.05 Å². The van der Waals surface area contributed by atoms with Crippen molar-refractivity contribution in [3.63, 3.8) is 0 Å². The lowest BCUT2D eigenvalue weighted by atomic mass is 9.85. The fourth-order valence-electron chi connectivity index (χ4n) is 2.02. The molecule has 0 radical (unpaired) electrons. The lowest BCUT2D eigenvalue weighted by Crippen LogP contribution is -2.39. The standard InChI is InChI=1S/C10H20N2O2/c1-11-9-6-4-5-8(7-9)10(13)12(2)14-3/h8-9,11H,4-7H2,1-3H3. The number of hydrogen-bond acceptors (Lipinski definition) is 3. The third-order valence-corrected chi connectivity index (χ3v) is 3.02. The molecule has 14 heavy (non-hydrogen) atoms. The van der Waals surface area contributed by atoms with E-state index in [0.717, 1.165) is 19.3 Å². The van der Waals surface area contributed by atoms with Gasteiger partial charge in [0, 0.05) is 19.0 Å². The number of rotatable bonds is 3. The molecule has 0 aromatic rings. The van der Waals surface area contributed by atoms with Gasteiger partial charge in [-0.2, -0.15) is 0 Å². The molecule has 4 nitrogen and oxygen atoms in total. The second kappa shape index (κ2) is 5.32. The van der Waals surface area contributed by atoms with Crippen molar-refractivity contribution in [3.05, 3.63) is 0 Å². The van der Waals surface area contributed by atoms with Gasteiger partial charge >= 0.3 is 0 Å². The molecule has 1 amide bonds. The average molecular weight is 200 g/mol. The van der Waals surface area contributed by atoms with Crippen molar-refractivity contribution in [1.29, 1.82) is 0 Å². The van der Waals surface area contributed by atoms with Gasteiger partial charge in [0.05, 0.1) is 7.11 Å². The summed E-state index contributed by atoms with van der Waals surface area (Å²) in [5.74, 6) is 0.235. The molecular weight excluding hydrogens is 180 g/mol. The quantitative estimate of drug-likeness (QED) is 0.685. The van der Waals surface area contributed by atoms with Crippen LogP contribution >= 0.6 is 0 Å². The maximum absolute atomic E-state index is 11.8. The van der Waals surface area contributed by atoms with Gasteiger partial charge in [0.15, 0.2) is 0 Å². The highest BCUT2D eigenvalue weighted by atomic mass is 16.7. The highest BCUT2D eigenvalue weighted by Gasteiger charge is 2.28. The summed E-state index contributed by atoms with van der Waals surface area (Å²) in [5, 5.41) is 4.57. The Morgan fingerprint density at radius 1 is 1.50 bits per heavy atom. The van der Waals surface area contributed by atoms with Crippen LogP contribution in [-0.4, -0.2) is 38.2 Å². The van der Waals surface area contributed by atoms with E-state index in [2.05, 4.69) is 5.32 Å². The molecule has 2 atom stereocenters. The van der Waals surface area contributed by atoms with Crippen molar-refractivity contribution in [3.8, 4) is 0 Å². The molecule has 1 saturated carbocycles. The maximum atomic E-state index is 11.8. The number of carbonyl (C=O) groups is 1. The van der Waals surface area contributed by atoms with E-state index >= 15 is 0 Å². The lowest BCUT2D eigenvalue weighted by molar-refractivity contribution is -0.174. The summed E-state index contributed by atoms with van der Waals surface area (Å²) in [6.45, 7) is 0. The minimum absolute atomic E-state index is 0.104. The predicted octanol–water partition coefficient (Wildman–Crippen LogP) is 0.784. The summed E-state index contributed by atoms with van der Waals surface area (Å²) in [4.78, 5) is 16.7. The Hall–Kier alpha value is -0.610. The monoisotopic (exact) mass is 200 g/mol. The number of carbonyl (C=O) groups excluding carboxylic acids is 1. The zero-order valence-electron chi connectivity index (χ0n) is 9.25. The molecule has 2 unspecified atom stereocenters. The zero-order valence-corrected chi connectivity index (χ0v) is 9.25. The summed E-state index contributed by atoms with van der Waals surface area (Å²) in [6, 6.07) is 0.489. The van der Waals surface area contributed by atoms with E-state index in [9.17, 15) is 4.79 Å². The number of hydroxylamine groups is 2. The van der Waals surface area contributed by atoms with Crippen LogP contribution < -0.4 is 5.32 Å². The first-order valence-corrected chi connectivity index (χ1v) is 5.18. The summed E-state index contributed by atoms with van der Waals surface area (Å²) in [7, 11) is 5.15. The van der Waals surface area contributed by atoms with E-state index in [-0.39, 0.29) is 11.8 Å². The Morgan fingerprint density at radius 2 is 2.21 bits per heavy atom. The maximum Gasteiger partial charge on any atom is 0.249 e. The molecule has 0 saturated heterocycles. The van der Waals surface area contributed by atoms with E-state index < -0.39 is 0 Å². The van der Waals surface area contributed by atoms with E-state index in [4.69, 9.17) is 4.84 Å². The molecule has 0 heterocycles. The van der Waals surface area contributed by atoms with Crippen LogP contribution in [0.25, 0.3) is 0 Å². The molecule has 4 heteroatoms. The minimum Gasteiger partial charge on any atom is -0.317 e. The van der Waals surface area contributed by atoms with Gasteiger partial charge in [-0.15, -0.1) is 0 Å². The van der Waals surface area contributed by atoms with Gasteiger partial charge in [0.1, 0.15) is 0 Å². The zero-order chi connectivity index (χ0) is 10.6. The fourth-order valence-corrected chi connectivity index (χ4v) is 2.02. The second-order valence-corrected chi connectivity index (χ2v) is 3.87. The van der Waals surface area contributed by atoms with Gasteiger partial charge in [0.25, 0.3) is 0 Å². The molecule has 0 bridgehead atoms. The van der Waals surface area contributed by atoms with Crippen LogP contribution in [0.1, 0.15) is 25.7 Å². The SMILES string of the molecule is CNC1CCCC(C(=O)N(C)OC)C1. The smallest absolute Gasteiger partial charge is 0.249 e. The summed E-state index contributed by atoms with van der Waals surface area (Å²) in [5.41, 5.74) is 0. The van der Waals surface area contributed by atoms with Crippen molar-refractivity contribution in [2.45, 2.75) is 31.7 Å². The molecule has 0 aromatic carbocycles. The van der Waals surface area contributed by atoms with E-state index in [0.29, 0.717) is 6.04 Å². The fraction of sp³-hybridized carbons (Fsp3) is 0.900. The van der Waals surface area contributed by atoms with Gasteiger partial charge in [-0.3, -0.25) is 9.63 Å². The van der Waals surface area contributed by atoms with Gasteiger partial charge in [-0.05, 0) is 26.3 Å². The first-order valence-electron chi connectivity index (χ1n) is 5.18. The normalized spacial score (nSPS) is 27.4. The van der Waals surface area contributed by atoms with Gasteiger partial charge < -0.3 is 5.32 Å². The van der Waals surface area contributed by atoms with Crippen LogP contribution in [0.15, 0.2) is 0 Å². The Kier molecular flexibility index (Phi) is 4.35. The number of nitrogens with one attached hydrogen (secondary N) is 1. The van der Waals surface area contributed by atoms with Gasteiger partial charge in [-0.1, -0.05) is 6.42 Å². The molecular formula is C10H20N2O2. The highest BCUT2D eigenvalue weighted by molar-refractivity contribution is 5.77. The van der Waals surface area contributed by atoms with E-state index in [1.165, 1.54) is 18.6 Å². The molecule has 1 N–H and O–H groups in total. The largest absolute Gasteiger partial charge is 0.317 e. The molecule has 82 valence electrons. The second-order valence-electron chi connectivity index (χ2n) is 3.87. The Bertz CT molecular complexity index is 197. The van der Waals surface area contributed by atoms with Crippen molar-refractivity contribution < 1.29 is 9.63 Å². The molecule has 0 spiro atoms. The molecule has 1 aliphatic carbocycles. The summed E-state index contributed by atoms with van der Waals surface area (Å²) < 4.78 is 0. The number of nitrogens with zero attached hydrogens (tertiary/aromatic N) is 1. The Labute approximate surface area is 85.6 Å². The molecule has 1 fully saturated rings. The predicted molar refractivity (Wildman–Crippen MR) is 54.6 cm³/mol. The van der Waals surface area contributed by atoms with Gasteiger partial charge in [0.2, 0.25) is 5.91 Å². The van der Waals surface area contributed by atoms with Crippen LogP contribution in [-0.2, 0) is 9.63 Å². The molecule has 1 rings (SSSR count). The molecule has 0 aromatic heterocycles. The summed E-state index contributed by atoms with van der Waals surface area (Å²) >= 11 is 0. The van der Waals surface area contributed by atoms with Crippen molar-refractivity contribution in [2.24, 2.45) is 5.92 Å². The Balaban J connectivity index is 2.47. The highest BCUT2D eigenvalue weighted by Crippen LogP contribution is 2.25. The van der Waals surface area contributed by atoms with Crippen molar-refractivity contribution in [2.75, 3.05) is 21.2 Å². The third-order valence-electron chi connectivity index (χ3n) is 3.02. The van der Waals surface area contributed by atoms with Crippen molar-refractivity contribution in [1.82, 2.24) is 10.4 Å². The topological polar surface area (TPSA) is 41.6 Å². The molecule has 0 aliphatic heterocycles. The van der Waals surface area contributed by atoms with Crippen LogP contribution in [0.4, 0.5) is 0 Å². The third kappa shape index (κ3) is 2.69. The number of amides is 1. The summed E-state index contributed by atoms with van der Waals surface area (Å²) in [6.07, 6.45) is 4.23. The average Bonchev–Trinajstić information content (AvgIpc) is 2.27. The van der Waals surface area contributed by atoms with Crippen LogP contribution in [0.5, 0.6) is 0 Å². The lowest BCUT2D eigenvalue weighted by Gasteiger charge is -2.29. The Morgan fingerprint density at radius 3 is 2.79 bits per heavy atom. The van der Waals surface area contributed by atoms with Crippen LogP contribution in [0.2, 0.25) is 0 Å². The van der Waals surface area contributed by atoms with Crippen molar-refractivity contribution >= 4 is 5.91 Å². The minimum atomic E-state index is 0.104. The van der Waals surface area contributed by atoms with Gasteiger partial charge in [-0.25, -0.2) is 5.06 Å². The number of hydrogen-bond donors (Lipinski definition) is 1. The van der Waals surface area contributed by atoms with E-state index in [1.807, 2.05) is 7.05 Å². The van der Waals surface area contributed by atoms with Crippen LogP contribution in [0, 0.1) is 5.92 Å². The first-order chi connectivity index (χ1) is 6.69. The first kappa shape index (κ1) is 11.5. The van der Waals surface area contributed by atoms with Crippen LogP contribution in [0.3, 0.4) is 0 Å².